The molecule has 4 rings (SSSR count). The number of aromatic nitrogens is 2. The molecule has 146 valence electrons. The molecule has 1 aliphatic heterocycles. The van der Waals surface area contributed by atoms with E-state index in [1.54, 1.807) is 24.3 Å². The van der Waals surface area contributed by atoms with E-state index in [0.717, 1.165) is 11.3 Å². The molecule has 2 heterocycles. The van der Waals surface area contributed by atoms with E-state index >= 15 is 0 Å². The van der Waals surface area contributed by atoms with E-state index in [-0.39, 0.29) is 16.9 Å². The number of aromatic hydroxyl groups is 1. The topological polar surface area (TPSA) is 104 Å². The third-order valence-electron chi connectivity index (χ3n) is 5.54. The number of phenols is 1. The van der Waals surface area contributed by atoms with Crippen LogP contribution in [-0.2, 0) is 11.3 Å². The molecule has 2 aliphatic rings. The van der Waals surface area contributed by atoms with Crippen LogP contribution < -0.4 is 16.6 Å². The number of ketones is 1. The molecule has 1 unspecified atom stereocenters. The van der Waals surface area contributed by atoms with Crippen molar-refractivity contribution in [1.29, 1.82) is 0 Å². The molecule has 3 N–H and O–H groups in total. The predicted molar refractivity (Wildman–Crippen MR) is 106 cm³/mol. The van der Waals surface area contributed by atoms with Gasteiger partial charge in [-0.2, -0.15) is 0 Å². The van der Waals surface area contributed by atoms with Gasteiger partial charge in [-0.1, -0.05) is 26.0 Å². The van der Waals surface area contributed by atoms with Crippen molar-refractivity contribution in [2.24, 2.45) is 5.41 Å². The molecule has 0 radical (unpaired) electrons. The second-order valence-electron chi connectivity index (χ2n) is 8.25. The van der Waals surface area contributed by atoms with Gasteiger partial charge >= 0.3 is 5.69 Å². The van der Waals surface area contributed by atoms with Gasteiger partial charge in [0, 0.05) is 30.2 Å². The summed E-state index contributed by atoms with van der Waals surface area (Å²) < 4.78 is 1.49. The van der Waals surface area contributed by atoms with E-state index < -0.39 is 17.2 Å². The molecule has 0 bridgehead atoms. The molecule has 0 fully saturated rings. The van der Waals surface area contributed by atoms with Crippen LogP contribution >= 0.6 is 0 Å². The summed E-state index contributed by atoms with van der Waals surface area (Å²) in [6.45, 7) is 6.28. The predicted octanol–water partition coefficient (Wildman–Crippen LogP) is 2.46. The average molecular weight is 381 g/mol. The van der Waals surface area contributed by atoms with E-state index in [1.165, 1.54) is 4.57 Å². The second kappa shape index (κ2) is 6.22. The number of Topliss-reactive ketones (excluding diaryl/α,β-unsaturated/α-hetero) is 1. The Hall–Kier alpha value is -3.09. The Morgan fingerprint density at radius 3 is 2.46 bits per heavy atom. The number of anilines is 1. The molecule has 28 heavy (non-hydrogen) atoms. The smallest absolute Gasteiger partial charge is 0.329 e. The number of hydrogen-bond donors (Lipinski definition) is 3. The zero-order valence-electron chi connectivity index (χ0n) is 16.1. The number of nitrogens with zero attached hydrogens (tertiary/aromatic N) is 1. The Kier molecular flexibility index (Phi) is 4.06. The SMILES string of the molecule is CCn1c2c(c(=O)[nH]c1=O)C(c1ccc(O)cc1)C1=C(CC(C)(C)CC1=O)N2. The number of aromatic amines is 1. The fraction of sp³-hybridized carbons (Fsp3) is 0.381. The molecule has 7 nitrogen and oxygen atoms in total. The van der Waals surface area contributed by atoms with Crippen molar-refractivity contribution in [3.05, 3.63) is 67.5 Å². The largest absolute Gasteiger partial charge is 0.508 e. The van der Waals surface area contributed by atoms with Crippen molar-refractivity contribution in [2.45, 2.75) is 46.1 Å². The molecule has 1 atom stereocenters. The van der Waals surface area contributed by atoms with Crippen LogP contribution in [0.25, 0.3) is 0 Å². The molecule has 2 aromatic rings. The summed E-state index contributed by atoms with van der Waals surface area (Å²) in [6, 6.07) is 6.51. The average Bonchev–Trinajstić information content (AvgIpc) is 2.60. The van der Waals surface area contributed by atoms with Crippen molar-refractivity contribution < 1.29 is 9.90 Å². The Labute approximate surface area is 161 Å². The zero-order chi connectivity index (χ0) is 20.2. The Morgan fingerprint density at radius 1 is 1.14 bits per heavy atom. The van der Waals surface area contributed by atoms with Crippen LogP contribution in [0.5, 0.6) is 5.75 Å². The lowest BCUT2D eigenvalue weighted by Gasteiger charge is -2.39. The first-order valence-corrected chi connectivity index (χ1v) is 9.41. The van der Waals surface area contributed by atoms with E-state index in [2.05, 4.69) is 10.3 Å². The van der Waals surface area contributed by atoms with Crippen molar-refractivity contribution in [1.82, 2.24) is 9.55 Å². The van der Waals surface area contributed by atoms with Crippen molar-refractivity contribution in [3.63, 3.8) is 0 Å². The number of phenolic OH excluding ortho intramolecular Hbond substituents is 1. The number of rotatable bonds is 2. The van der Waals surface area contributed by atoms with E-state index in [4.69, 9.17) is 0 Å². The van der Waals surface area contributed by atoms with Gasteiger partial charge in [0.25, 0.3) is 5.56 Å². The quantitative estimate of drug-likeness (QED) is 0.741. The highest BCUT2D eigenvalue weighted by atomic mass is 16.3. The molecule has 1 aromatic carbocycles. The number of benzene rings is 1. The van der Waals surface area contributed by atoms with Crippen molar-refractivity contribution in [2.75, 3.05) is 5.32 Å². The fourth-order valence-electron chi connectivity index (χ4n) is 4.36. The van der Waals surface area contributed by atoms with Crippen LogP contribution in [0.2, 0.25) is 0 Å². The summed E-state index contributed by atoms with van der Waals surface area (Å²) in [5.41, 5.74) is 1.24. The summed E-state index contributed by atoms with van der Waals surface area (Å²) in [5, 5.41) is 12.9. The highest BCUT2D eigenvalue weighted by molar-refractivity contribution is 6.01. The number of fused-ring (bicyclic) bond motifs is 1. The molecule has 1 aliphatic carbocycles. The Morgan fingerprint density at radius 2 is 1.82 bits per heavy atom. The molecule has 0 saturated heterocycles. The number of nitrogens with one attached hydrogen (secondary N) is 2. The lowest BCUT2D eigenvalue weighted by Crippen LogP contribution is -2.41. The number of carbonyl (C=O) groups excluding carboxylic acids is 1. The third kappa shape index (κ3) is 2.78. The highest BCUT2D eigenvalue weighted by Gasteiger charge is 2.42. The first-order chi connectivity index (χ1) is 13.2. The van der Waals surface area contributed by atoms with Crippen LogP contribution in [0.4, 0.5) is 5.82 Å². The van der Waals surface area contributed by atoms with Gasteiger partial charge < -0.3 is 10.4 Å². The lowest BCUT2D eigenvalue weighted by molar-refractivity contribution is -0.118. The van der Waals surface area contributed by atoms with Gasteiger partial charge in [0.2, 0.25) is 0 Å². The molecule has 1 aromatic heterocycles. The Bertz CT molecular complexity index is 1120. The summed E-state index contributed by atoms with van der Waals surface area (Å²) in [7, 11) is 0. The number of carbonyl (C=O) groups is 1. The van der Waals surface area contributed by atoms with E-state index in [0.29, 0.717) is 36.3 Å². The molecular formula is C21H23N3O4. The summed E-state index contributed by atoms with van der Waals surface area (Å²) in [4.78, 5) is 40.6. The van der Waals surface area contributed by atoms with Crippen LogP contribution in [0.15, 0.2) is 45.1 Å². The van der Waals surface area contributed by atoms with Crippen LogP contribution in [0.3, 0.4) is 0 Å². The van der Waals surface area contributed by atoms with Crippen LogP contribution in [0.1, 0.15) is 50.7 Å². The number of hydrogen-bond acceptors (Lipinski definition) is 5. The first kappa shape index (κ1) is 18.3. The molecule has 0 spiro atoms. The van der Waals surface area contributed by atoms with Gasteiger partial charge in [0.15, 0.2) is 5.78 Å². The van der Waals surface area contributed by atoms with E-state index in [1.807, 2.05) is 20.8 Å². The van der Waals surface area contributed by atoms with Gasteiger partial charge in [0.05, 0.1) is 5.56 Å². The first-order valence-electron chi connectivity index (χ1n) is 9.41. The minimum Gasteiger partial charge on any atom is -0.508 e. The van der Waals surface area contributed by atoms with Crippen molar-refractivity contribution >= 4 is 11.6 Å². The molecule has 0 saturated carbocycles. The highest BCUT2D eigenvalue weighted by Crippen LogP contribution is 2.47. The van der Waals surface area contributed by atoms with Gasteiger partial charge in [0.1, 0.15) is 11.6 Å². The lowest BCUT2D eigenvalue weighted by atomic mass is 9.69. The Balaban J connectivity index is 2.05. The third-order valence-corrected chi connectivity index (χ3v) is 5.54. The van der Waals surface area contributed by atoms with E-state index in [9.17, 15) is 19.5 Å². The zero-order valence-corrected chi connectivity index (χ0v) is 16.1. The van der Waals surface area contributed by atoms with Crippen LogP contribution in [0, 0.1) is 5.41 Å². The minimum atomic E-state index is -0.586. The van der Waals surface area contributed by atoms with Gasteiger partial charge in [-0.3, -0.25) is 19.1 Å². The van der Waals surface area contributed by atoms with Crippen LogP contribution in [-0.4, -0.2) is 20.4 Å². The normalized spacial score (nSPS) is 20.4. The monoisotopic (exact) mass is 381 g/mol. The summed E-state index contributed by atoms with van der Waals surface area (Å²) in [5.74, 6) is -0.0389. The minimum absolute atomic E-state index is 0.00359. The van der Waals surface area contributed by atoms with Crippen molar-refractivity contribution in [3.8, 4) is 5.75 Å². The standard InChI is InChI=1S/C21H23N3O4/c1-4-24-18-17(19(27)23-20(24)28)15(11-5-7-12(25)8-6-11)16-13(22-18)9-21(2,3)10-14(16)26/h5-8,15,22,25H,4,9-10H2,1-3H3,(H,23,27,28). The van der Waals surface area contributed by atoms with Gasteiger partial charge in [-0.15, -0.1) is 0 Å². The molecule has 7 heteroatoms. The van der Waals surface area contributed by atoms with Gasteiger partial charge in [-0.25, -0.2) is 4.79 Å². The number of allylic oxidation sites excluding steroid dienone is 2. The fourth-order valence-corrected chi connectivity index (χ4v) is 4.36. The molecular weight excluding hydrogens is 358 g/mol. The maximum absolute atomic E-state index is 13.1. The second-order valence-corrected chi connectivity index (χ2v) is 8.25. The maximum atomic E-state index is 13.1. The van der Waals surface area contributed by atoms with Gasteiger partial charge in [-0.05, 0) is 36.5 Å². The number of H-pyrrole nitrogens is 1. The maximum Gasteiger partial charge on any atom is 0.329 e. The summed E-state index contributed by atoms with van der Waals surface area (Å²) >= 11 is 0. The summed E-state index contributed by atoms with van der Waals surface area (Å²) in [6.07, 6.45) is 1.04. The molecule has 0 amide bonds.